The molecule has 2 amide bonds. The van der Waals surface area contributed by atoms with Gasteiger partial charge in [-0.1, -0.05) is 29.8 Å². The summed E-state index contributed by atoms with van der Waals surface area (Å²) in [5, 5.41) is 7.21. The number of halogens is 2. The molecular weight excluding hydrogens is 379 g/mol. The number of rotatable bonds is 3. The Hall–Kier alpha value is -3.25. The van der Waals surface area contributed by atoms with Crippen LogP contribution in [0, 0.1) is 5.82 Å². The van der Waals surface area contributed by atoms with Crippen LogP contribution in [0.5, 0.6) is 0 Å². The average molecular weight is 395 g/mol. The van der Waals surface area contributed by atoms with Gasteiger partial charge in [0.05, 0.1) is 10.5 Å². The molecule has 2 heterocycles. The Labute approximate surface area is 165 Å². The Morgan fingerprint density at radius 3 is 2.75 bits per heavy atom. The highest BCUT2D eigenvalue weighted by Gasteiger charge is 2.15. The van der Waals surface area contributed by atoms with Crippen molar-refractivity contribution in [2.75, 3.05) is 11.9 Å². The third kappa shape index (κ3) is 3.34. The molecule has 0 saturated carbocycles. The van der Waals surface area contributed by atoms with Crippen molar-refractivity contribution in [3.8, 4) is 11.1 Å². The van der Waals surface area contributed by atoms with E-state index in [0.717, 1.165) is 10.9 Å². The maximum Gasteiger partial charge on any atom is 0.320 e. The van der Waals surface area contributed by atoms with Gasteiger partial charge in [0.2, 0.25) is 0 Å². The number of hydrogen-bond donors (Lipinski definition) is 2. The van der Waals surface area contributed by atoms with Crippen LogP contribution in [0.2, 0.25) is 5.02 Å². The van der Waals surface area contributed by atoms with Gasteiger partial charge in [-0.05, 0) is 31.2 Å². The highest BCUT2D eigenvalue weighted by atomic mass is 35.5. The van der Waals surface area contributed by atoms with Crippen LogP contribution < -0.4 is 10.6 Å². The number of aromatic nitrogens is 2. The van der Waals surface area contributed by atoms with E-state index in [9.17, 15) is 4.79 Å². The van der Waals surface area contributed by atoms with Crippen LogP contribution in [-0.2, 0) is 0 Å². The van der Waals surface area contributed by atoms with Crippen LogP contribution in [0.3, 0.4) is 0 Å². The van der Waals surface area contributed by atoms with Crippen LogP contribution in [0.15, 0.2) is 54.9 Å². The van der Waals surface area contributed by atoms with Gasteiger partial charge in [0, 0.05) is 46.2 Å². The number of para-hydroxylation sites is 1. The van der Waals surface area contributed by atoms with E-state index in [4.69, 9.17) is 11.6 Å². The first-order chi connectivity index (χ1) is 13.6. The van der Waals surface area contributed by atoms with E-state index in [0.29, 0.717) is 28.1 Å². The third-order valence-electron chi connectivity index (χ3n) is 4.39. The molecule has 0 unspecified atom stereocenters. The minimum absolute atomic E-state index is 0.238. The first-order valence-corrected chi connectivity index (χ1v) is 9.12. The smallest absolute Gasteiger partial charge is 0.320 e. The van der Waals surface area contributed by atoms with Crippen molar-refractivity contribution in [3.63, 3.8) is 0 Å². The molecule has 2 aromatic carbocycles. The van der Waals surface area contributed by atoms with Crippen molar-refractivity contribution in [3.05, 3.63) is 65.7 Å². The van der Waals surface area contributed by atoms with Gasteiger partial charge < -0.3 is 5.32 Å². The molecule has 0 atom stereocenters. The quantitative estimate of drug-likeness (QED) is 0.490. The monoisotopic (exact) mass is 394 g/mol. The van der Waals surface area contributed by atoms with E-state index in [-0.39, 0.29) is 11.2 Å². The summed E-state index contributed by atoms with van der Waals surface area (Å²) >= 11 is 6.38. The Kier molecular flexibility index (Phi) is 4.79. The number of urea groups is 1. The fourth-order valence-electron chi connectivity index (χ4n) is 3.06. The summed E-state index contributed by atoms with van der Waals surface area (Å²) in [4.78, 5) is 20.3. The molecule has 140 valence electrons. The van der Waals surface area contributed by atoms with Crippen molar-refractivity contribution < 1.29 is 9.18 Å². The number of pyridine rings is 2. The number of carbonyl (C=O) groups is 1. The number of benzene rings is 2. The number of nitrogens with one attached hydrogen (secondary N) is 2. The second-order valence-corrected chi connectivity index (χ2v) is 6.64. The fraction of sp³-hybridized carbons (Fsp3) is 0.0952. The standard InChI is InChI=1S/C21H16ClFN4O/c1-2-24-21(28)27-19-9-15-16(11-26-19)17(22)8-14(20(15)23)13-7-12-5-3-4-6-18(12)25-10-13/h3-11H,2H2,1H3,(H2,24,26,27,28). The van der Waals surface area contributed by atoms with Gasteiger partial charge in [-0.25, -0.2) is 14.2 Å². The van der Waals surface area contributed by atoms with Gasteiger partial charge in [-0.15, -0.1) is 0 Å². The first-order valence-electron chi connectivity index (χ1n) is 8.74. The molecule has 5 nitrogen and oxygen atoms in total. The lowest BCUT2D eigenvalue weighted by atomic mass is 10.0. The molecule has 0 fully saturated rings. The summed E-state index contributed by atoms with van der Waals surface area (Å²) in [5.74, 6) is -0.208. The zero-order chi connectivity index (χ0) is 19.7. The predicted octanol–water partition coefficient (Wildman–Crippen LogP) is 5.38. The van der Waals surface area contributed by atoms with E-state index in [1.165, 1.54) is 12.3 Å². The molecule has 0 radical (unpaired) electrons. The number of fused-ring (bicyclic) bond motifs is 2. The average Bonchev–Trinajstić information content (AvgIpc) is 2.70. The number of carbonyl (C=O) groups excluding carboxylic acids is 1. The lowest BCUT2D eigenvalue weighted by molar-refractivity contribution is 0.252. The lowest BCUT2D eigenvalue weighted by Gasteiger charge is -2.11. The van der Waals surface area contributed by atoms with Gasteiger partial charge in [-0.3, -0.25) is 10.3 Å². The highest BCUT2D eigenvalue weighted by molar-refractivity contribution is 6.36. The van der Waals surface area contributed by atoms with E-state index in [1.54, 1.807) is 19.2 Å². The van der Waals surface area contributed by atoms with E-state index >= 15 is 4.39 Å². The molecule has 0 saturated heterocycles. The molecule has 0 spiro atoms. The summed E-state index contributed by atoms with van der Waals surface area (Å²) < 4.78 is 15.4. The number of hydrogen-bond acceptors (Lipinski definition) is 3. The molecule has 0 aliphatic heterocycles. The van der Waals surface area contributed by atoms with E-state index in [1.807, 2.05) is 30.3 Å². The van der Waals surface area contributed by atoms with Crippen LogP contribution in [0.1, 0.15) is 6.92 Å². The van der Waals surface area contributed by atoms with Crippen molar-refractivity contribution in [1.29, 1.82) is 0 Å². The molecule has 0 bridgehead atoms. The maximum atomic E-state index is 15.4. The van der Waals surface area contributed by atoms with Crippen molar-refractivity contribution in [2.45, 2.75) is 6.92 Å². The topological polar surface area (TPSA) is 66.9 Å². The second kappa shape index (κ2) is 7.40. The molecule has 7 heteroatoms. The molecule has 28 heavy (non-hydrogen) atoms. The molecule has 2 aromatic heterocycles. The predicted molar refractivity (Wildman–Crippen MR) is 110 cm³/mol. The minimum Gasteiger partial charge on any atom is -0.338 e. The molecule has 0 aliphatic rings. The van der Waals surface area contributed by atoms with E-state index < -0.39 is 11.8 Å². The van der Waals surface area contributed by atoms with Gasteiger partial charge in [0.25, 0.3) is 0 Å². The number of anilines is 1. The van der Waals surface area contributed by atoms with Crippen LogP contribution in [0.25, 0.3) is 32.8 Å². The summed E-state index contributed by atoms with van der Waals surface area (Å²) in [6.07, 6.45) is 3.07. The molecular formula is C21H16ClFN4O. The van der Waals surface area contributed by atoms with Crippen molar-refractivity contribution >= 4 is 45.1 Å². The van der Waals surface area contributed by atoms with Crippen molar-refractivity contribution in [1.82, 2.24) is 15.3 Å². The van der Waals surface area contributed by atoms with Crippen LogP contribution in [-0.4, -0.2) is 22.5 Å². The summed E-state index contributed by atoms with van der Waals surface area (Å²) in [6, 6.07) is 12.1. The Morgan fingerprint density at radius 2 is 1.93 bits per heavy atom. The molecule has 0 aliphatic carbocycles. The highest BCUT2D eigenvalue weighted by Crippen LogP contribution is 2.35. The largest absolute Gasteiger partial charge is 0.338 e. The van der Waals surface area contributed by atoms with Gasteiger partial charge in [0.15, 0.2) is 0 Å². The van der Waals surface area contributed by atoms with Crippen LogP contribution >= 0.6 is 11.6 Å². The second-order valence-electron chi connectivity index (χ2n) is 6.24. The SMILES string of the molecule is CCNC(=O)Nc1cc2c(F)c(-c3cnc4ccccc4c3)cc(Cl)c2cn1. The van der Waals surface area contributed by atoms with Gasteiger partial charge in [-0.2, -0.15) is 0 Å². The number of amides is 2. The van der Waals surface area contributed by atoms with Gasteiger partial charge in [0.1, 0.15) is 11.6 Å². The summed E-state index contributed by atoms with van der Waals surface area (Å²) in [7, 11) is 0. The fourth-order valence-corrected chi connectivity index (χ4v) is 3.32. The van der Waals surface area contributed by atoms with E-state index in [2.05, 4.69) is 20.6 Å². The lowest BCUT2D eigenvalue weighted by Crippen LogP contribution is -2.28. The molecule has 4 aromatic rings. The zero-order valence-corrected chi connectivity index (χ0v) is 15.7. The Bertz CT molecular complexity index is 1210. The third-order valence-corrected chi connectivity index (χ3v) is 4.70. The first kappa shape index (κ1) is 18.1. The van der Waals surface area contributed by atoms with Crippen LogP contribution in [0.4, 0.5) is 15.0 Å². The van der Waals surface area contributed by atoms with Crippen molar-refractivity contribution in [2.24, 2.45) is 0 Å². The zero-order valence-electron chi connectivity index (χ0n) is 15.0. The summed E-state index contributed by atoms with van der Waals surface area (Å²) in [5.41, 5.74) is 1.79. The minimum atomic E-state index is -0.446. The molecule has 2 N–H and O–H groups in total. The summed E-state index contributed by atoms with van der Waals surface area (Å²) in [6.45, 7) is 2.27. The number of nitrogens with zero attached hydrogens (tertiary/aromatic N) is 2. The normalized spacial score (nSPS) is 11.0. The Balaban J connectivity index is 1.84. The van der Waals surface area contributed by atoms with Gasteiger partial charge >= 0.3 is 6.03 Å². The maximum absolute atomic E-state index is 15.4. The Morgan fingerprint density at radius 1 is 1.11 bits per heavy atom. The molecule has 4 rings (SSSR count).